The van der Waals surface area contributed by atoms with E-state index in [1.54, 1.807) is 0 Å². The number of thiophene rings is 1. The van der Waals surface area contributed by atoms with Crippen molar-refractivity contribution < 1.29 is 0 Å². The third-order valence-corrected chi connectivity index (χ3v) is 5.15. The van der Waals surface area contributed by atoms with Gasteiger partial charge in [-0.2, -0.15) is 0 Å². The lowest BCUT2D eigenvalue weighted by Crippen LogP contribution is -2.10. The van der Waals surface area contributed by atoms with Crippen LogP contribution in [0.15, 0.2) is 15.9 Å². The number of alkyl halides is 1. The van der Waals surface area contributed by atoms with E-state index >= 15 is 0 Å². The van der Waals surface area contributed by atoms with Crippen molar-refractivity contribution in [2.75, 3.05) is 18.4 Å². The first kappa shape index (κ1) is 10.1. The van der Waals surface area contributed by atoms with Gasteiger partial charge in [-0.05, 0) is 34.5 Å². The average Bonchev–Trinajstić information content (AvgIpc) is 2.71. The summed E-state index contributed by atoms with van der Waals surface area (Å²) in [5, 5.41) is 6.71. The van der Waals surface area contributed by atoms with Crippen LogP contribution in [-0.4, -0.2) is 18.4 Å². The fourth-order valence-corrected chi connectivity index (χ4v) is 4.07. The third-order valence-electron chi connectivity index (χ3n) is 2.49. The Morgan fingerprint density at radius 1 is 1.54 bits per heavy atom. The van der Waals surface area contributed by atoms with Crippen LogP contribution in [0.1, 0.15) is 10.8 Å². The van der Waals surface area contributed by atoms with Crippen LogP contribution in [-0.2, 0) is 0 Å². The van der Waals surface area contributed by atoms with Gasteiger partial charge in [0.1, 0.15) is 0 Å². The van der Waals surface area contributed by atoms with Crippen LogP contribution < -0.4 is 5.32 Å². The summed E-state index contributed by atoms with van der Waals surface area (Å²) in [6.45, 7) is 2.27. The van der Waals surface area contributed by atoms with E-state index in [2.05, 4.69) is 48.6 Å². The summed E-state index contributed by atoms with van der Waals surface area (Å²) in [7, 11) is 0. The van der Waals surface area contributed by atoms with Crippen molar-refractivity contribution in [3.05, 3.63) is 20.8 Å². The Labute approximate surface area is 99.2 Å². The minimum absolute atomic E-state index is 0.704. The highest BCUT2D eigenvalue weighted by atomic mass is 79.9. The maximum absolute atomic E-state index is 3.57. The van der Waals surface area contributed by atoms with E-state index in [4.69, 9.17) is 0 Å². The maximum Gasteiger partial charge on any atom is 0.0285 e. The zero-order chi connectivity index (χ0) is 9.26. The summed E-state index contributed by atoms with van der Waals surface area (Å²) in [6, 6.07) is 2.25. The molecule has 1 aromatic rings. The Balaban J connectivity index is 2.15. The first-order chi connectivity index (χ1) is 6.31. The summed E-state index contributed by atoms with van der Waals surface area (Å²) in [5.74, 6) is 1.46. The highest BCUT2D eigenvalue weighted by Gasteiger charge is 2.28. The van der Waals surface area contributed by atoms with Gasteiger partial charge < -0.3 is 5.32 Å². The Kier molecular flexibility index (Phi) is 3.46. The molecule has 1 N–H and O–H groups in total. The molecule has 0 aromatic carbocycles. The molecule has 2 rings (SSSR count). The lowest BCUT2D eigenvalue weighted by atomic mass is 9.97. The molecule has 72 valence electrons. The molecule has 2 heterocycles. The van der Waals surface area contributed by atoms with Crippen molar-refractivity contribution in [1.82, 2.24) is 5.32 Å². The second-order valence-corrected chi connectivity index (χ2v) is 5.85. The summed E-state index contributed by atoms with van der Waals surface area (Å²) in [5.41, 5.74) is 0. The van der Waals surface area contributed by atoms with Crippen molar-refractivity contribution in [3.8, 4) is 0 Å². The van der Waals surface area contributed by atoms with Crippen LogP contribution >= 0.6 is 43.2 Å². The molecule has 1 aliphatic heterocycles. The molecule has 0 spiro atoms. The van der Waals surface area contributed by atoms with Gasteiger partial charge in [-0.1, -0.05) is 15.9 Å². The first-order valence-electron chi connectivity index (χ1n) is 4.32. The predicted octanol–water partition coefficient (Wildman–Crippen LogP) is 3.21. The van der Waals surface area contributed by atoms with E-state index < -0.39 is 0 Å². The van der Waals surface area contributed by atoms with Crippen molar-refractivity contribution >= 4 is 43.2 Å². The third kappa shape index (κ3) is 2.17. The molecule has 1 nitrogen and oxygen atoms in total. The average molecular weight is 325 g/mol. The summed E-state index contributed by atoms with van der Waals surface area (Å²) in [4.78, 5) is 1.50. The topological polar surface area (TPSA) is 12.0 Å². The molecule has 4 heteroatoms. The number of rotatable bonds is 2. The van der Waals surface area contributed by atoms with Gasteiger partial charge >= 0.3 is 0 Å². The molecular weight excluding hydrogens is 314 g/mol. The Morgan fingerprint density at radius 2 is 2.38 bits per heavy atom. The van der Waals surface area contributed by atoms with Gasteiger partial charge in [-0.15, -0.1) is 11.3 Å². The molecule has 0 aliphatic carbocycles. The fourth-order valence-electron chi connectivity index (χ4n) is 1.75. The maximum atomic E-state index is 3.57. The number of nitrogens with one attached hydrogen (secondary N) is 1. The van der Waals surface area contributed by atoms with E-state index in [0.29, 0.717) is 5.92 Å². The van der Waals surface area contributed by atoms with Crippen molar-refractivity contribution in [2.45, 2.75) is 5.92 Å². The van der Waals surface area contributed by atoms with Gasteiger partial charge in [0.15, 0.2) is 0 Å². The monoisotopic (exact) mass is 323 g/mol. The molecule has 13 heavy (non-hydrogen) atoms. The Morgan fingerprint density at radius 3 is 3.00 bits per heavy atom. The molecular formula is C9H11Br2NS. The zero-order valence-corrected chi connectivity index (χ0v) is 11.1. The van der Waals surface area contributed by atoms with Crippen LogP contribution in [0.4, 0.5) is 0 Å². The highest BCUT2D eigenvalue weighted by Crippen LogP contribution is 2.34. The van der Waals surface area contributed by atoms with E-state index in [9.17, 15) is 0 Å². The van der Waals surface area contributed by atoms with Crippen molar-refractivity contribution in [3.63, 3.8) is 0 Å². The van der Waals surface area contributed by atoms with Crippen LogP contribution in [0.2, 0.25) is 0 Å². The van der Waals surface area contributed by atoms with Crippen molar-refractivity contribution in [1.29, 1.82) is 0 Å². The quantitative estimate of drug-likeness (QED) is 0.824. The van der Waals surface area contributed by atoms with Crippen molar-refractivity contribution in [2.24, 2.45) is 5.92 Å². The fraction of sp³-hybridized carbons (Fsp3) is 0.556. The van der Waals surface area contributed by atoms with Gasteiger partial charge in [0, 0.05) is 32.5 Å². The van der Waals surface area contributed by atoms with E-state index in [1.807, 2.05) is 11.3 Å². The lowest BCUT2D eigenvalue weighted by Gasteiger charge is -2.13. The zero-order valence-electron chi connectivity index (χ0n) is 7.09. The summed E-state index contributed by atoms with van der Waals surface area (Å²) < 4.78 is 1.22. The summed E-state index contributed by atoms with van der Waals surface area (Å²) in [6.07, 6.45) is 0. The largest absolute Gasteiger partial charge is 0.316 e. The number of halogens is 2. The second-order valence-electron chi connectivity index (χ2n) is 3.35. The molecule has 0 radical (unpaired) electrons. The minimum atomic E-state index is 0.704. The SMILES string of the molecule is BrCC1CNCC1c1cc(Br)cs1. The molecule has 2 unspecified atom stereocenters. The second kappa shape index (κ2) is 4.43. The lowest BCUT2D eigenvalue weighted by molar-refractivity contribution is 0.593. The van der Waals surface area contributed by atoms with Gasteiger partial charge in [0.2, 0.25) is 0 Å². The molecule has 1 aliphatic rings. The highest BCUT2D eigenvalue weighted by molar-refractivity contribution is 9.10. The van der Waals surface area contributed by atoms with E-state index in [-0.39, 0.29) is 0 Å². The van der Waals surface area contributed by atoms with Gasteiger partial charge in [-0.25, -0.2) is 0 Å². The van der Waals surface area contributed by atoms with Crippen LogP contribution in [0.25, 0.3) is 0 Å². The summed E-state index contributed by atoms with van der Waals surface area (Å²) >= 11 is 8.93. The van der Waals surface area contributed by atoms with Gasteiger partial charge in [0.05, 0.1) is 0 Å². The standard InChI is InChI=1S/C9H11Br2NS/c10-2-6-3-12-4-8(6)9-1-7(11)5-13-9/h1,5-6,8,12H,2-4H2. The molecule has 0 bridgehead atoms. The van der Waals surface area contributed by atoms with E-state index in [0.717, 1.165) is 24.3 Å². The number of hydrogen-bond donors (Lipinski definition) is 1. The molecule has 0 amide bonds. The van der Waals surface area contributed by atoms with Gasteiger partial charge in [0.25, 0.3) is 0 Å². The van der Waals surface area contributed by atoms with E-state index in [1.165, 1.54) is 9.35 Å². The molecule has 1 aromatic heterocycles. The minimum Gasteiger partial charge on any atom is -0.316 e. The predicted molar refractivity (Wildman–Crippen MR) is 64.9 cm³/mol. The van der Waals surface area contributed by atoms with Crippen LogP contribution in [0.5, 0.6) is 0 Å². The Hall–Kier alpha value is 0.620. The number of hydrogen-bond acceptors (Lipinski definition) is 2. The molecule has 1 fully saturated rings. The van der Waals surface area contributed by atoms with Crippen LogP contribution in [0, 0.1) is 5.92 Å². The Bertz CT molecular complexity index is 287. The first-order valence-corrected chi connectivity index (χ1v) is 7.11. The van der Waals surface area contributed by atoms with Crippen LogP contribution in [0.3, 0.4) is 0 Å². The smallest absolute Gasteiger partial charge is 0.0285 e. The normalized spacial score (nSPS) is 28.2. The van der Waals surface area contributed by atoms with Gasteiger partial charge in [-0.3, -0.25) is 0 Å². The molecule has 1 saturated heterocycles. The molecule has 2 atom stereocenters. The molecule has 0 saturated carbocycles.